The van der Waals surface area contributed by atoms with Crippen molar-refractivity contribution in [2.45, 2.75) is 30.3 Å². The van der Waals surface area contributed by atoms with Gasteiger partial charge >= 0.3 is 0 Å². The zero-order valence-electron chi connectivity index (χ0n) is 15.0. The molecule has 0 bridgehead atoms. The Morgan fingerprint density at radius 3 is 2.56 bits per heavy atom. The Bertz CT molecular complexity index is 832. The van der Waals surface area contributed by atoms with Gasteiger partial charge in [-0.2, -0.15) is 0 Å². The molecular weight excluding hydrogens is 334 g/mol. The molecule has 1 atom stereocenters. The fourth-order valence-corrected chi connectivity index (χ4v) is 3.99. The zero-order valence-corrected chi connectivity index (χ0v) is 15.8. The molecule has 0 amide bonds. The second-order valence-electron chi connectivity index (χ2n) is 6.89. The molecule has 1 aromatic heterocycles. The molecule has 0 N–H and O–H groups in total. The van der Waals surface area contributed by atoms with Gasteiger partial charge in [0.15, 0.2) is 9.84 Å². The molecule has 0 aliphatic carbocycles. The average molecular weight is 359 g/mol. The summed E-state index contributed by atoms with van der Waals surface area (Å²) in [6.45, 7) is 1.88. The van der Waals surface area contributed by atoms with Gasteiger partial charge in [0.2, 0.25) is 0 Å². The third-order valence-corrected chi connectivity index (χ3v) is 5.84. The summed E-state index contributed by atoms with van der Waals surface area (Å²) in [5.41, 5.74) is 2.44. The summed E-state index contributed by atoms with van der Waals surface area (Å²) < 4.78 is 23.2. The first kappa shape index (κ1) is 17.9. The van der Waals surface area contributed by atoms with Crippen molar-refractivity contribution in [2.75, 3.05) is 31.8 Å². The minimum absolute atomic E-state index is 0.374. The number of rotatable bonds is 5. The van der Waals surface area contributed by atoms with Gasteiger partial charge in [-0.3, -0.25) is 4.90 Å². The molecule has 1 aromatic carbocycles. The summed E-state index contributed by atoms with van der Waals surface area (Å²) >= 11 is 0. The van der Waals surface area contributed by atoms with Crippen LogP contribution < -0.4 is 4.90 Å². The normalized spacial score (nSPS) is 18.4. The molecule has 1 fully saturated rings. The van der Waals surface area contributed by atoms with Crippen LogP contribution in [0.25, 0.3) is 0 Å². The van der Waals surface area contributed by atoms with Crippen molar-refractivity contribution in [3.63, 3.8) is 0 Å². The SMILES string of the molecule is CN(C)c1cc(C2CCCN2Cc2ccc(S(C)(=O)=O)cc2)ccn1. The summed E-state index contributed by atoms with van der Waals surface area (Å²) in [7, 11) is 0.865. The van der Waals surface area contributed by atoms with Crippen LogP contribution in [0.4, 0.5) is 5.82 Å². The van der Waals surface area contributed by atoms with E-state index < -0.39 is 9.84 Å². The van der Waals surface area contributed by atoms with Crippen molar-refractivity contribution < 1.29 is 8.42 Å². The molecule has 1 aliphatic rings. The lowest BCUT2D eigenvalue weighted by molar-refractivity contribution is 0.248. The molecule has 2 heterocycles. The van der Waals surface area contributed by atoms with Crippen LogP contribution in [0.5, 0.6) is 0 Å². The van der Waals surface area contributed by atoms with Gasteiger partial charge in [-0.05, 0) is 54.8 Å². The van der Waals surface area contributed by atoms with Crippen molar-refractivity contribution in [1.82, 2.24) is 9.88 Å². The maximum absolute atomic E-state index is 11.6. The first-order chi connectivity index (χ1) is 11.8. The van der Waals surface area contributed by atoms with Crippen LogP contribution in [-0.4, -0.2) is 45.2 Å². The van der Waals surface area contributed by atoms with Crippen molar-refractivity contribution in [2.24, 2.45) is 0 Å². The summed E-state index contributed by atoms with van der Waals surface area (Å²) in [5, 5.41) is 0. The van der Waals surface area contributed by atoms with E-state index in [1.807, 2.05) is 37.3 Å². The maximum Gasteiger partial charge on any atom is 0.175 e. The molecule has 0 saturated carbocycles. The third kappa shape index (κ3) is 4.19. The van der Waals surface area contributed by atoms with Crippen molar-refractivity contribution in [3.8, 4) is 0 Å². The number of benzene rings is 1. The van der Waals surface area contributed by atoms with E-state index in [0.717, 1.165) is 30.9 Å². The molecule has 6 heteroatoms. The highest BCUT2D eigenvalue weighted by Crippen LogP contribution is 2.34. The molecule has 3 rings (SSSR count). The van der Waals surface area contributed by atoms with E-state index in [0.29, 0.717) is 10.9 Å². The van der Waals surface area contributed by atoms with E-state index in [9.17, 15) is 8.42 Å². The first-order valence-corrected chi connectivity index (χ1v) is 10.4. The molecule has 0 spiro atoms. The Balaban J connectivity index is 1.77. The van der Waals surface area contributed by atoms with Crippen LogP contribution in [0, 0.1) is 0 Å². The monoisotopic (exact) mass is 359 g/mol. The Labute approximate surface area is 150 Å². The minimum atomic E-state index is -3.14. The summed E-state index contributed by atoms with van der Waals surface area (Å²) in [5.74, 6) is 0.974. The molecule has 0 radical (unpaired) electrons. The van der Waals surface area contributed by atoms with Crippen LogP contribution in [0.2, 0.25) is 0 Å². The van der Waals surface area contributed by atoms with Crippen LogP contribution in [0.15, 0.2) is 47.5 Å². The van der Waals surface area contributed by atoms with Crippen molar-refractivity contribution >= 4 is 15.7 Å². The molecule has 5 nitrogen and oxygen atoms in total. The highest BCUT2D eigenvalue weighted by molar-refractivity contribution is 7.90. The van der Waals surface area contributed by atoms with E-state index in [1.165, 1.54) is 18.2 Å². The fraction of sp³-hybridized carbons (Fsp3) is 0.421. The second kappa shape index (κ2) is 7.14. The van der Waals surface area contributed by atoms with Gasteiger partial charge in [-0.15, -0.1) is 0 Å². The quantitative estimate of drug-likeness (QED) is 0.822. The lowest BCUT2D eigenvalue weighted by Gasteiger charge is -2.25. The molecule has 1 unspecified atom stereocenters. The number of sulfone groups is 1. The second-order valence-corrected chi connectivity index (χ2v) is 8.90. The van der Waals surface area contributed by atoms with Gasteiger partial charge in [0.1, 0.15) is 5.82 Å². The number of hydrogen-bond donors (Lipinski definition) is 0. The van der Waals surface area contributed by atoms with Crippen molar-refractivity contribution in [1.29, 1.82) is 0 Å². The highest BCUT2D eigenvalue weighted by atomic mass is 32.2. The predicted molar refractivity (Wildman–Crippen MR) is 101 cm³/mol. The van der Waals surface area contributed by atoms with E-state index in [2.05, 4.69) is 22.0 Å². The van der Waals surface area contributed by atoms with Gasteiger partial charge < -0.3 is 4.90 Å². The molecule has 1 aliphatic heterocycles. The van der Waals surface area contributed by atoms with Crippen molar-refractivity contribution in [3.05, 3.63) is 53.7 Å². The summed E-state index contributed by atoms with van der Waals surface area (Å²) in [6, 6.07) is 11.9. The largest absolute Gasteiger partial charge is 0.363 e. The Hall–Kier alpha value is -1.92. The summed E-state index contributed by atoms with van der Waals surface area (Å²) in [6.07, 6.45) is 5.43. The zero-order chi connectivity index (χ0) is 18.0. The molecule has 134 valence electrons. The molecular formula is C19H25N3O2S. The first-order valence-electron chi connectivity index (χ1n) is 8.51. The maximum atomic E-state index is 11.6. The molecule has 1 saturated heterocycles. The number of anilines is 1. The van der Waals surface area contributed by atoms with Crippen LogP contribution in [0.1, 0.15) is 30.0 Å². The van der Waals surface area contributed by atoms with E-state index in [-0.39, 0.29) is 0 Å². The number of nitrogens with zero attached hydrogens (tertiary/aromatic N) is 3. The van der Waals surface area contributed by atoms with Gasteiger partial charge in [-0.25, -0.2) is 13.4 Å². The average Bonchev–Trinajstić information content (AvgIpc) is 3.03. The minimum Gasteiger partial charge on any atom is -0.363 e. The van der Waals surface area contributed by atoms with Gasteiger partial charge in [0.05, 0.1) is 4.90 Å². The number of pyridine rings is 1. The third-order valence-electron chi connectivity index (χ3n) is 4.71. The number of hydrogen-bond acceptors (Lipinski definition) is 5. The van der Waals surface area contributed by atoms with Crippen LogP contribution in [-0.2, 0) is 16.4 Å². The van der Waals surface area contributed by atoms with Gasteiger partial charge in [0.25, 0.3) is 0 Å². The Kier molecular flexibility index (Phi) is 5.11. The molecule has 25 heavy (non-hydrogen) atoms. The smallest absolute Gasteiger partial charge is 0.175 e. The van der Waals surface area contributed by atoms with Crippen LogP contribution in [0.3, 0.4) is 0 Å². The van der Waals surface area contributed by atoms with Crippen LogP contribution >= 0.6 is 0 Å². The summed E-state index contributed by atoms with van der Waals surface area (Å²) in [4.78, 5) is 9.26. The number of aromatic nitrogens is 1. The van der Waals surface area contributed by atoms with Gasteiger partial charge in [-0.1, -0.05) is 12.1 Å². The topological polar surface area (TPSA) is 53.5 Å². The molecule has 2 aromatic rings. The lowest BCUT2D eigenvalue weighted by atomic mass is 10.1. The Morgan fingerprint density at radius 2 is 1.92 bits per heavy atom. The number of likely N-dealkylation sites (tertiary alicyclic amines) is 1. The Morgan fingerprint density at radius 1 is 1.20 bits per heavy atom. The van der Waals surface area contributed by atoms with E-state index >= 15 is 0 Å². The standard InChI is InChI=1S/C19H25N3O2S/c1-21(2)19-13-16(10-11-20-19)18-5-4-12-22(18)14-15-6-8-17(9-7-15)25(3,23)24/h6-11,13,18H,4-5,12,14H2,1-3H3. The van der Waals surface area contributed by atoms with E-state index in [4.69, 9.17) is 0 Å². The van der Waals surface area contributed by atoms with E-state index in [1.54, 1.807) is 12.1 Å². The fourth-order valence-electron chi connectivity index (χ4n) is 3.36. The highest BCUT2D eigenvalue weighted by Gasteiger charge is 2.26. The van der Waals surface area contributed by atoms with Gasteiger partial charge in [0, 0.05) is 39.1 Å². The lowest BCUT2D eigenvalue weighted by Crippen LogP contribution is -2.23. The predicted octanol–water partition coefficient (Wildman–Crippen LogP) is 2.89.